The first-order chi connectivity index (χ1) is 14.4. The number of hydrogen-bond acceptors (Lipinski definition) is 2. The Morgan fingerprint density at radius 1 is 1.23 bits per heavy atom. The summed E-state index contributed by atoms with van der Waals surface area (Å²) >= 11 is 5.93. The van der Waals surface area contributed by atoms with E-state index < -0.39 is 0 Å². The lowest BCUT2D eigenvalue weighted by Crippen LogP contribution is -2.26. The van der Waals surface area contributed by atoms with Gasteiger partial charge in [0.25, 0.3) is 0 Å². The van der Waals surface area contributed by atoms with Gasteiger partial charge in [0.1, 0.15) is 11.6 Å². The van der Waals surface area contributed by atoms with Gasteiger partial charge in [-0.15, -0.1) is 0 Å². The highest BCUT2D eigenvalue weighted by Crippen LogP contribution is 2.49. The van der Waals surface area contributed by atoms with E-state index in [0.717, 1.165) is 48.8 Å². The first-order valence-corrected chi connectivity index (χ1v) is 11.4. The van der Waals surface area contributed by atoms with Gasteiger partial charge >= 0.3 is 0 Å². The standard InChI is InChI=1S/C26H28ClFO2/c1-3-16-5-6-18(21-11-9-20(27)14-24(21)28)13-23(16)25-22(10-4-15(2)29)17-7-8-19(12-17)26(25)30/h6,9,11,13-14,16-17,19H,3-5,7-8,10,12H2,1-2H3/t16?,17-,19+/m0/s1. The van der Waals surface area contributed by atoms with Gasteiger partial charge in [0.2, 0.25) is 0 Å². The third-order valence-electron chi connectivity index (χ3n) is 7.01. The highest BCUT2D eigenvalue weighted by Gasteiger charge is 2.42. The summed E-state index contributed by atoms with van der Waals surface area (Å²) < 4.78 is 14.6. The molecule has 2 nitrogen and oxygen atoms in total. The van der Waals surface area contributed by atoms with Gasteiger partial charge in [0, 0.05) is 28.5 Å². The van der Waals surface area contributed by atoms with Crippen LogP contribution in [0.1, 0.15) is 64.4 Å². The Balaban J connectivity index is 1.81. The number of carbonyl (C=O) groups excluding carboxylic acids is 2. The van der Waals surface area contributed by atoms with Crippen molar-refractivity contribution in [2.45, 2.75) is 58.8 Å². The minimum absolute atomic E-state index is 0.103. The third kappa shape index (κ3) is 3.97. The molecular weight excluding hydrogens is 399 g/mol. The van der Waals surface area contributed by atoms with Gasteiger partial charge in [-0.25, -0.2) is 4.39 Å². The van der Waals surface area contributed by atoms with Crippen molar-refractivity contribution in [3.63, 3.8) is 0 Å². The molecule has 3 atom stereocenters. The minimum atomic E-state index is -0.347. The van der Waals surface area contributed by atoms with Crippen LogP contribution >= 0.6 is 11.6 Å². The molecule has 4 heteroatoms. The molecule has 0 radical (unpaired) electrons. The molecule has 4 rings (SSSR count). The van der Waals surface area contributed by atoms with Crippen molar-refractivity contribution in [2.75, 3.05) is 0 Å². The minimum Gasteiger partial charge on any atom is -0.300 e. The fourth-order valence-electron chi connectivity index (χ4n) is 5.38. The predicted octanol–water partition coefficient (Wildman–Crippen LogP) is 6.88. The summed E-state index contributed by atoms with van der Waals surface area (Å²) in [4.78, 5) is 25.2. The van der Waals surface area contributed by atoms with Crippen molar-refractivity contribution in [3.05, 3.63) is 63.5 Å². The van der Waals surface area contributed by atoms with E-state index in [1.165, 1.54) is 11.6 Å². The highest BCUT2D eigenvalue weighted by molar-refractivity contribution is 6.30. The van der Waals surface area contributed by atoms with Gasteiger partial charge in [0.15, 0.2) is 5.78 Å². The van der Waals surface area contributed by atoms with Crippen LogP contribution in [0.3, 0.4) is 0 Å². The number of halogens is 2. The van der Waals surface area contributed by atoms with Crippen LogP contribution in [0.2, 0.25) is 5.02 Å². The van der Waals surface area contributed by atoms with E-state index in [-0.39, 0.29) is 29.2 Å². The lowest BCUT2D eigenvalue weighted by Gasteiger charge is -2.32. The average Bonchev–Trinajstić information content (AvgIpc) is 3.15. The van der Waals surface area contributed by atoms with Crippen LogP contribution in [0.4, 0.5) is 4.39 Å². The Bertz CT molecular complexity index is 985. The van der Waals surface area contributed by atoms with Crippen molar-refractivity contribution in [1.29, 1.82) is 0 Å². The number of ketones is 2. The maximum Gasteiger partial charge on any atom is 0.166 e. The van der Waals surface area contributed by atoms with Crippen LogP contribution in [0.5, 0.6) is 0 Å². The molecule has 0 heterocycles. The summed E-state index contributed by atoms with van der Waals surface area (Å²) in [5.41, 5.74) is 4.41. The molecule has 1 aromatic rings. The molecule has 3 aliphatic rings. The average molecular weight is 427 g/mol. The van der Waals surface area contributed by atoms with Crippen molar-refractivity contribution >= 4 is 28.7 Å². The van der Waals surface area contributed by atoms with E-state index in [1.54, 1.807) is 19.1 Å². The van der Waals surface area contributed by atoms with E-state index in [1.807, 2.05) is 6.08 Å². The lowest BCUT2D eigenvalue weighted by atomic mass is 9.71. The molecule has 2 bridgehead atoms. The van der Waals surface area contributed by atoms with E-state index in [4.69, 9.17) is 11.6 Å². The molecule has 1 fully saturated rings. The van der Waals surface area contributed by atoms with Crippen LogP contribution in [0, 0.1) is 23.6 Å². The fraction of sp³-hybridized carbons (Fsp3) is 0.462. The number of benzene rings is 1. The number of carbonyl (C=O) groups is 2. The summed E-state index contributed by atoms with van der Waals surface area (Å²) in [5.74, 6) is 0.800. The number of rotatable bonds is 6. The molecule has 0 aromatic heterocycles. The van der Waals surface area contributed by atoms with Crippen molar-refractivity contribution in [1.82, 2.24) is 0 Å². The first-order valence-electron chi connectivity index (χ1n) is 11.0. The largest absolute Gasteiger partial charge is 0.300 e. The van der Waals surface area contributed by atoms with Crippen LogP contribution in [0.15, 0.2) is 47.1 Å². The third-order valence-corrected chi connectivity index (χ3v) is 7.24. The summed E-state index contributed by atoms with van der Waals surface area (Å²) in [6, 6.07) is 4.74. The van der Waals surface area contributed by atoms with E-state index >= 15 is 0 Å². The van der Waals surface area contributed by atoms with Gasteiger partial charge in [-0.05, 0) is 86.6 Å². The Kier molecular flexibility index (Phi) is 6.11. The predicted molar refractivity (Wildman–Crippen MR) is 119 cm³/mol. The van der Waals surface area contributed by atoms with Crippen LogP contribution in [-0.4, -0.2) is 11.6 Å². The maximum absolute atomic E-state index is 14.6. The van der Waals surface area contributed by atoms with Crippen LogP contribution in [-0.2, 0) is 9.59 Å². The Morgan fingerprint density at radius 3 is 2.70 bits per heavy atom. The Hall–Kier alpha value is -2.00. The monoisotopic (exact) mass is 426 g/mol. The quantitative estimate of drug-likeness (QED) is 0.496. The summed E-state index contributed by atoms with van der Waals surface area (Å²) in [6.45, 7) is 3.75. The van der Waals surface area contributed by atoms with Crippen molar-refractivity contribution < 1.29 is 14.0 Å². The molecule has 0 spiro atoms. The van der Waals surface area contributed by atoms with Gasteiger partial charge < -0.3 is 4.79 Å². The Morgan fingerprint density at radius 2 is 2.00 bits per heavy atom. The molecule has 30 heavy (non-hydrogen) atoms. The first kappa shape index (κ1) is 21.2. The van der Waals surface area contributed by atoms with Crippen LogP contribution in [0.25, 0.3) is 5.57 Å². The number of fused-ring (bicyclic) bond motifs is 2. The van der Waals surface area contributed by atoms with Gasteiger partial charge in [0.05, 0.1) is 0 Å². The van der Waals surface area contributed by atoms with Gasteiger partial charge in [-0.2, -0.15) is 0 Å². The highest BCUT2D eigenvalue weighted by atomic mass is 35.5. The molecule has 0 N–H and O–H groups in total. The Labute approximate surface area is 182 Å². The zero-order valence-corrected chi connectivity index (χ0v) is 18.4. The maximum atomic E-state index is 14.6. The molecule has 3 aliphatic carbocycles. The summed E-state index contributed by atoms with van der Waals surface area (Å²) in [6.07, 6.45) is 9.84. The van der Waals surface area contributed by atoms with Crippen molar-refractivity contribution in [2.24, 2.45) is 17.8 Å². The summed E-state index contributed by atoms with van der Waals surface area (Å²) in [5, 5.41) is 0.372. The SMILES string of the molecule is CCC1CC=C(c2ccc(Cl)cc2F)C=C1C1=C(CCC(C)=O)[C@H]2CC[C@H](C2)C1=O. The molecule has 1 aromatic carbocycles. The summed E-state index contributed by atoms with van der Waals surface area (Å²) in [7, 11) is 0. The zero-order chi connectivity index (χ0) is 21.4. The number of allylic oxidation sites excluding steroid dienone is 6. The second-order valence-corrected chi connectivity index (χ2v) is 9.33. The number of Topliss-reactive ketones (excluding diaryl/α,β-unsaturated/α-hetero) is 2. The van der Waals surface area contributed by atoms with E-state index in [0.29, 0.717) is 29.3 Å². The second kappa shape index (κ2) is 8.63. The van der Waals surface area contributed by atoms with Crippen LogP contribution < -0.4 is 0 Å². The smallest absolute Gasteiger partial charge is 0.166 e. The van der Waals surface area contributed by atoms with Crippen molar-refractivity contribution in [3.8, 4) is 0 Å². The molecule has 0 saturated heterocycles. The molecular formula is C26H28ClFO2. The normalized spacial score (nSPS) is 26.0. The topological polar surface area (TPSA) is 34.1 Å². The molecule has 0 amide bonds. The zero-order valence-electron chi connectivity index (χ0n) is 17.6. The number of hydrogen-bond donors (Lipinski definition) is 0. The second-order valence-electron chi connectivity index (χ2n) is 8.90. The van der Waals surface area contributed by atoms with E-state index in [9.17, 15) is 14.0 Å². The van der Waals surface area contributed by atoms with E-state index in [2.05, 4.69) is 13.0 Å². The molecule has 1 saturated carbocycles. The molecule has 158 valence electrons. The molecule has 0 aliphatic heterocycles. The fourth-order valence-corrected chi connectivity index (χ4v) is 5.54. The van der Waals surface area contributed by atoms with Gasteiger partial charge in [-0.3, -0.25) is 4.79 Å². The van der Waals surface area contributed by atoms with Gasteiger partial charge in [-0.1, -0.05) is 36.2 Å². The molecule has 1 unspecified atom stereocenters. The lowest BCUT2D eigenvalue weighted by molar-refractivity contribution is -0.120.